The van der Waals surface area contributed by atoms with Crippen molar-refractivity contribution in [1.29, 1.82) is 0 Å². The number of nitrogens with one attached hydrogen (secondary N) is 1. The van der Waals surface area contributed by atoms with Crippen molar-refractivity contribution in [2.75, 3.05) is 39.1 Å². The van der Waals surface area contributed by atoms with E-state index >= 15 is 0 Å². The van der Waals surface area contributed by atoms with Crippen LogP contribution in [0.4, 0.5) is 5.69 Å². The molecule has 0 radical (unpaired) electrons. The molecule has 0 aromatic heterocycles. The van der Waals surface area contributed by atoms with Gasteiger partial charge in [0.25, 0.3) is 0 Å². The van der Waals surface area contributed by atoms with Gasteiger partial charge in [-0.05, 0) is 62.8 Å². The predicted molar refractivity (Wildman–Crippen MR) is 150 cm³/mol. The largest absolute Gasteiger partial charge is 0.494 e. The standard InChI is InChI=1S/C24H31BrN2O2.C4H4O4/c1-4-15-27(3)16-7-5-6-8-17-29-21-13-14-22(23(18-21)26-2)24(28)19-9-11-20(25)12-10-19;5-3(6)1-2-4(7)8/h4,9-14,18,26H,1,5-8,15-17H2,2-3H3;1-2H,(H,5,6)(H,7,8). The van der Waals surface area contributed by atoms with Crippen molar-refractivity contribution in [3.63, 3.8) is 0 Å². The zero-order valence-corrected chi connectivity index (χ0v) is 22.9. The van der Waals surface area contributed by atoms with E-state index in [1.165, 1.54) is 12.8 Å². The quantitative estimate of drug-likeness (QED) is 0.111. The lowest BCUT2D eigenvalue weighted by Gasteiger charge is -2.14. The first kappa shape index (κ1) is 31.6. The Labute approximate surface area is 226 Å². The van der Waals surface area contributed by atoms with E-state index in [1.807, 2.05) is 55.6 Å². The summed E-state index contributed by atoms with van der Waals surface area (Å²) in [7, 11) is 3.94. The van der Waals surface area contributed by atoms with Gasteiger partial charge in [-0.3, -0.25) is 4.79 Å². The fourth-order valence-electron chi connectivity index (χ4n) is 3.26. The topological polar surface area (TPSA) is 116 Å². The summed E-state index contributed by atoms with van der Waals surface area (Å²) in [5.74, 6) is -1.73. The fourth-order valence-corrected chi connectivity index (χ4v) is 3.52. The van der Waals surface area contributed by atoms with Gasteiger partial charge < -0.3 is 25.2 Å². The van der Waals surface area contributed by atoms with Crippen LogP contribution in [0.5, 0.6) is 5.75 Å². The Morgan fingerprint density at radius 3 is 2.19 bits per heavy atom. The first-order valence-electron chi connectivity index (χ1n) is 11.9. The third kappa shape index (κ3) is 13.5. The molecule has 0 heterocycles. The number of carboxylic acid groups (broad SMARTS) is 2. The van der Waals surface area contributed by atoms with Crippen molar-refractivity contribution >= 4 is 39.3 Å². The summed E-state index contributed by atoms with van der Waals surface area (Å²) in [4.78, 5) is 34.2. The summed E-state index contributed by atoms with van der Waals surface area (Å²) >= 11 is 3.40. The minimum atomic E-state index is -1.26. The molecule has 37 heavy (non-hydrogen) atoms. The maximum atomic E-state index is 12.8. The van der Waals surface area contributed by atoms with E-state index in [1.54, 1.807) is 0 Å². The molecule has 0 unspecified atom stereocenters. The van der Waals surface area contributed by atoms with Crippen molar-refractivity contribution in [3.8, 4) is 5.75 Å². The predicted octanol–water partition coefficient (Wildman–Crippen LogP) is 5.49. The molecule has 0 aliphatic heterocycles. The van der Waals surface area contributed by atoms with Crippen LogP contribution in [0.3, 0.4) is 0 Å². The molecule has 9 heteroatoms. The number of anilines is 1. The normalized spacial score (nSPS) is 10.5. The van der Waals surface area contributed by atoms with E-state index in [4.69, 9.17) is 14.9 Å². The molecule has 0 fully saturated rings. The van der Waals surface area contributed by atoms with E-state index in [-0.39, 0.29) is 5.78 Å². The number of aliphatic carboxylic acids is 2. The Balaban J connectivity index is 0.000000738. The summed E-state index contributed by atoms with van der Waals surface area (Å²) in [6, 6.07) is 13.0. The van der Waals surface area contributed by atoms with Crippen LogP contribution < -0.4 is 10.1 Å². The van der Waals surface area contributed by atoms with Crippen molar-refractivity contribution in [2.24, 2.45) is 0 Å². The molecule has 2 aromatic rings. The molecular formula is C28H35BrN2O6. The number of nitrogens with zero attached hydrogens (tertiary/aromatic N) is 1. The molecule has 200 valence electrons. The number of ether oxygens (including phenoxy) is 1. The number of benzene rings is 2. The van der Waals surface area contributed by atoms with Gasteiger partial charge in [-0.2, -0.15) is 0 Å². The van der Waals surface area contributed by atoms with Crippen LogP contribution in [0, 0.1) is 0 Å². The van der Waals surface area contributed by atoms with E-state index < -0.39 is 11.9 Å². The molecule has 2 aromatic carbocycles. The Morgan fingerprint density at radius 1 is 1.00 bits per heavy atom. The number of carbonyl (C=O) groups excluding carboxylic acids is 1. The van der Waals surface area contributed by atoms with Gasteiger partial charge in [-0.15, -0.1) is 6.58 Å². The van der Waals surface area contributed by atoms with E-state index in [2.05, 4.69) is 39.8 Å². The van der Waals surface area contributed by atoms with Crippen molar-refractivity contribution < 1.29 is 29.3 Å². The number of carboxylic acids is 2. The second-order valence-electron chi connectivity index (χ2n) is 8.12. The molecule has 2 rings (SSSR count). The van der Waals surface area contributed by atoms with Gasteiger partial charge in [0.2, 0.25) is 0 Å². The number of carbonyl (C=O) groups is 3. The average molecular weight is 576 g/mol. The van der Waals surface area contributed by atoms with Gasteiger partial charge in [0, 0.05) is 53.1 Å². The second-order valence-corrected chi connectivity index (χ2v) is 9.03. The molecule has 8 nitrogen and oxygen atoms in total. The number of halogens is 1. The zero-order chi connectivity index (χ0) is 27.6. The van der Waals surface area contributed by atoms with Crippen LogP contribution in [0.15, 0.2) is 71.7 Å². The fraction of sp³-hybridized carbons (Fsp3) is 0.321. The number of hydrogen-bond acceptors (Lipinski definition) is 6. The minimum absolute atomic E-state index is 0.00479. The third-order valence-electron chi connectivity index (χ3n) is 5.12. The highest BCUT2D eigenvalue weighted by molar-refractivity contribution is 9.10. The van der Waals surface area contributed by atoms with E-state index in [0.29, 0.717) is 29.9 Å². The first-order valence-corrected chi connectivity index (χ1v) is 12.7. The first-order chi connectivity index (χ1) is 17.7. The molecule has 0 saturated heterocycles. The van der Waals surface area contributed by atoms with Gasteiger partial charge in [0.1, 0.15) is 5.75 Å². The SMILES string of the molecule is C=CCN(C)CCCCCCOc1ccc(C(=O)c2ccc(Br)cc2)c(NC)c1.O=C(O)C=CC(=O)O. The van der Waals surface area contributed by atoms with Crippen molar-refractivity contribution in [2.45, 2.75) is 25.7 Å². The van der Waals surface area contributed by atoms with Crippen LogP contribution in [0.2, 0.25) is 0 Å². The van der Waals surface area contributed by atoms with Gasteiger partial charge >= 0.3 is 11.9 Å². The lowest BCUT2D eigenvalue weighted by molar-refractivity contribution is -0.134. The average Bonchev–Trinajstić information content (AvgIpc) is 2.87. The molecule has 3 N–H and O–H groups in total. The number of unbranched alkanes of at least 4 members (excludes halogenated alkanes) is 3. The second kappa shape index (κ2) is 17.9. The number of hydrogen-bond donors (Lipinski definition) is 3. The van der Waals surface area contributed by atoms with E-state index in [0.717, 1.165) is 41.8 Å². The van der Waals surface area contributed by atoms with Crippen molar-refractivity contribution in [1.82, 2.24) is 4.90 Å². The molecule has 0 atom stereocenters. The molecule has 0 bridgehead atoms. The molecule has 0 aliphatic carbocycles. The molecule has 0 aliphatic rings. The van der Waals surface area contributed by atoms with Crippen LogP contribution in [0.1, 0.15) is 41.6 Å². The summed E-state index contributed by atoms with van der Waals surface area (Å²) in [5, 5.41) is 18.7. The smallest absolute Gasteiger partial charge is 0.328 e. The van der Waals surface area contributed by atoms with Gasteiger partial charge in [-0.25, -0.2) is 9.59 Å². The zero-order valence-electron chi connectivity index (χ0n) is 21.3. The Hall–Kier alpha value is -3.43. The maximum Gasteiger partial charge on any atom is 0.328 e. The summed E-state index contributed by atoms with van der Waals surface area (Å²) in [6.07, 6.45) is 7.63. The highest BCUT2D eigenvalue weighted by Crippen LogP contribution is 2.25. The van der Waals surface area contributed by atoms with E-state index in [9.17, 15) is 14.4 Å². The minimum Gasteiger partial charge on any atom is -0.494 e. The maximum absolute atomic E-state index is 12.8. The Bertz CT molecular complexity index is 1040. The highest BCUT2D eigenvalue weighted by atomic mass is 79.9. The lowest BCUT2D eigenvalue weighted by atomic mass is 10.0. The third-order valence-corrected chi connectivity index (χ3v) is 5.65. The monoisotopic (exact) mass is 574 g/mol. The highest BCUT2D eigenvalue weighted by Gasteiger charge is 2.14. The van der Waals surface area contributed by atoms with Crippen LogP contribution in [-0.4, -0.2) is 66.6 Å². The van der Waals surface area contributed by atoms with Crippen LogP contribution in [-0.2, 0) is 9.59 Å². The van der Waals surface area contributed by atoms with Gasteiger partial charge in [-0.1, -0.05) is 34.8 Å². The Morgan fingerprint density at radius 2 is 1.62 bits per heavy atom. The van der Waals surface area contributed by atoms with Gasteiger partial charge in [0.05, 0.1) is 6.61 Å². The molecule has 0 spiro atoms. The molecule has 0 amide bonds. The molecule has 0 saturated carbocycles. The lowest BCUT2D eigenvalue weighted by Crippen LogP contribution is -2.19. The summed E-state index contributed by atoms with van der Waals surface area (Å²) in [5.41, 5.74) is 2.09. The van der Waals surface area contributed by atoms with Crippen LogP contribution in [0.25, 0.3) is 0 Å². The van der Waals surface area contributed by atoms with Gasteiger partial charge in [0.15, 0.2) is 5.78 Å². The number of likely N-dealkylation sites (N-methyl/N-ethyl adjacent to an activating group) is 1. The van der Waals surface area contributed by atoms with Crippen LogP contribution >= 0.6 is 15.9 Å². The summed E-state index contributed by atoms with van der Waals surface area (Å²) in [6.45, 7) is 6.49. The number of ketones is 1. The summed E-state index contributed by atoms with van der Waals surface area (Å²) < 4.78 is 6.84. The Kier molecular flexibility index (Phi) is 15.3. The van der Waals surface area contributed by atoms with Crippen molar-refractivity contribution in [3.05, 3.63) is 82.9 Å². The number of rotatable bonds is 15. The molecular weight excluding hydrogens is 540 g/mol.